The third-order valence-electron chi connectivity index (χ3n) is 2.56. The molecule has 0 heterocycles. The molecule has 1 atom stereocenters. The molecule has 1 aromatic carbocycles. The predicted octanol–water partition coefficient (Wildman–Crippen LogP) is 1.59. The number of methoxy groups -OCH3 is 2. The molecule has 0 bridgehead atoms. The van der Waals surface area contributed by atoms with Gasteiger partial charge in [0.05, 0.1) is 20.1 Å². The molecule has 4 heteroatoms. The van der Waals surface area contributed by atoms with Crippen LogP contribution in [-0.2, 0) is 16.1 Å². The molecule has 94 valence electrons. The first-order valence-corrected chi connectivity index (χ1v) is 5.59. The minimum Gasteiger partial charge on any atom is -0.496 e. The van der Waals surface area contributed by atoms with Gasteiger partial charge in [0.2, 0.25) is 0 Å². The van der Waals surface area contributed by atoms with Gasteiger partial charge in [-0.15, -0.1) is 0 Å². The van der Waals surface area contributed by atoms with Gasteiger partial charge >= 0.3 is 5.97 Å². The molecule has 1 N–H and O–H groups in total. The predicted molar refractivity (Wildman–Crippen MR) is 65.9 cm³/mol. The normalized spacial score (nSPS) is 11.9. The third-order valence-corrected chi connectivity index (χ3v) is 2.56. The van der Waals surface area contributed by atoms with E-state index in [0.717, 1.165) is 11.3 Å². The molecule has 1 unspecified atom stereocenters. The SMILES string of the molecule is COC(=O)C(C)CNCc1ccccc1OC. The summed E-state index contributed by atoms with van der Waals surface area (Å²) in [7, 11) is 3.05. The smallest absolute Gasteiger partial charge is 0.309 e. The maximum Gasteiger partial charge on any atom is 0.309 e. The van der Waals surface area contributed by atoms with Gasteiger partial charge in [-0.1, -0.05) is 25.1 Å². The van der Waals surface area contributed by atoms with Crippen LogP contribution in [0, 0.1) is 5.92 Å². The van der Waals surface area contributed by atoms with Crippen LogP contribution in [0.2, 0.25) is 0 Å². The average molecular weight is 237 g/mol. The van der Waals surface area contributed by atoms with Crippen molar-refractivity contribution in [2.45, 2.75) is 13.5 Å². The summed E-state index contributed by atoms with van der Waals surface area (Å²) >= 11 is 0. The number of hydrogen-bond donors (Lipinski definition) is 1. The van der Waals surface area contributed by atoms with Crippen molar-refractivity contribution >= 4 is 5.97 Å². The molecule has 1 aromatic rings. The molecule has 0 amide bonds. The number of hydrogen-bond acceptors (Lipinski definition) is 4. The first kappa shape index (κ1) is 13.5. The summed E-state index contributed by atoms with van der Waals surface area (Å²) < 4.78 is 9.90. The second kappa shape index (κ2) is 6.91. The summed E-state index contributed by atoms with van der Waals surface area (Å²) in [6.07, 6.45) is 0. The lowest BCUT2D eigenvalue weighted by Crippen LogP contribution is -2.27. The number of rotatable bonds is 6. The van der Waals surface area contributed by atoms with Gasteiger partial charge in [0.25, 0.3) is 0 Å². The lowest BCUT2D eigenvalue weighted by Gasteiger charge is -2.12. The van der Waals surface area contributed by atoms with Gasteiger partial charge < -0.3 is 14.8 Å². The van der Waals surface area contributed by atoms with E-state index in [-0.39, 0.29) is 11.9 Å². The fourth-order valence-electron chi connectivity index (χ4n) is 1.56. The molecule has 0 aliphatic rings. The number of para-hydroxylation sites is 1. The average Bonchev–Trinajstić information content (AvgIpc) is 2.38. The molecular formula is C13H19NO3. The maximum absolute atomic E-state index is 11.2. The molecular weight excluding hydrogens is 218 g/mol. The molecule has 17 heavy (non-hydrogen) atoms. The maximum atomic E-state index is 11.2. The van der Waals surface area contributed by atoms with Gasteiger partial charge in [-0.05, 0) is 6.07 Å². The minimum absolute atomic E-state index is 0.144. The molecule has 0 saturated carbocycles. The van der Waals surface area contributed by atoms with Gasteiger partial charge in [0, 0.05) is 18.7 Å². The Morgan fingerprint density at radius 1 is 1.35 bits per heavy atom. The number of ether oxygens (including phenoxy) is 2. The van der Waals surface area contributed by atoms with Gasteiger partial charge in [0.15, 0.2) is 0 Å². The van der Waals surface area contributed by atoms with Crippen LogP contribution in [0.25, 0.3) is 0 Å². The monoisotopic (exact) mass is 237 g/mol. The molecule has 0 saturated heterocycles. The Kier molecular flexibility index (Phi) is 5.49. The Morgan fingerprint density at radius 3 is 2.71 bits per heavy atom. The fourth-order valence-corrected chi connectivity index (χ4v) is 1.56. The Labute approximate surface area is 102 Å². The molecule has 4 nitrogen and oxygen atoms in total. The Morgan fingerprint density at radius 2 is 2.06 bits per heavy atom. The molecule has 0 aromatic heterocycles. The van der Waals surface area contributed by atoms with Gasteiger partial charge in [0.1, 0.15) is 5.75 Å². The van der Waals surface area contributed by atoms with E-state index < -0.39 is 0 Å². The van der Waals surface area contributed by atoms with Crippen LogP contribution in [0.15, 0.2) is 24.3 Å². The number of esters is 1. The van der Waals surface area contributed by atoms with Gasteiger partial charge in [-0.2, -0.15) is 0 Å². The summed E-state index contributed by atoms with van der Waals surface area (Å²) in [5.41, 5.74) is 1.08. The van der Waals surface area contributed by atoms with Gasteiger partial charge in [-0.3, -0.25) is 4.79 Å². The first-order chi connectivity index (χ1) is 8.19. The summed E-state index contributed by atoms with van der Waals surface area (Å²) in [6.45, 7) is 3.09. The Bertz CT molecular complexity index is 365. The topological polar surface area (TPSA) is 47.6 Å². The molecule has 0 aliphatic heterocycles. The van der Waals surface area contributed by atoms with E-state index in [9.17, 15) is 4.79 Å². The van der Waals surface area contributed by atoms with Crippen molar-refractivity contribution in [3.8, 4) is 5.75 Å². The molecule has 0 fully saturated rings. The number of carbonyl (C=O) groups excluding carboxylic acids is 1. The van der Waals surface area contributed by atoms with Crippen molar-refractivity contribution in [1.29, 1.82) is 0 Å². The second-order valence-corrected chi connectivity index (χ2v) is 3.87. The lowest BCUT2D eigenvalue weighted by molar-refractivity contribution is -0.144. The highest BCUT2D eigenvalue weighted by atomic mass is 16.5. The highest BCUT2D eigenvalue weighted by molar-refractivity contribution is 5.72. The quantitative estimate of drug-likeness (QED) is 0.763. The zero-order chi connectivity index (χ0) is 12.7. The number of benzene rings is 1. The van der Waals surface area contributed by atoms with Crippen LogP contribution in [0.4, 0.5) is 0 Å². The lowest BCUT2D eigenvalue weighted by atomic mass is 10.1. The van der Waals surface area contributed by atoms with Crippen LogP contribution >= 0.6 is 0 Å². The van der Waals surface area contributed by atoms with E-state index in [1.54, 1.807) is 7.11 Å². The Hall–Kier alpha value is -1.55. The van der Waals surface area contributed by atoms with Gasteiger partial charge in [-0.25, -0.2) is 0 Å². The van der Waals surface area contributed by atoms with E-state index in [1.807, 2.05) is 31.2 Å². The minimum atomic E-state index is -0.197. The van der Waals surface area contributed by atoms with Crippen LogP contribution < -0.4 is 10.1 Å². The standard InChI is InChI=1S/C13H19NO3/c1-10(13(15)17-3)8-14-9-11-6-4-5-7-12(11)16-2/h4-7,10,14H,8-9H2,1-3H3. The highest BCUT2D eigenvalue weighted by Crippen LogP contribution is 2.16. The first-order valence-electron chi connectivity index (χ1n) is 5.59. The van der Waals surface area contributed by atoms with Crippen molar-refractivity contribution < 1.29 is 14.3 Å². The molecule has 0 spiro atoms. The number of nitrogens with one attached hydrogen (secondary N) is 1. The van der Waals surface area contributed by atoms with E-state index in [4.69, 9.17) is 4.74 Å². The summed E-state index contributed by atoms with van der Waals surface area (Å²) in [4.78, 5) is 11.2. The largest absolute Gasteiger partial charge is 0.496 e. The van der Waals surface area contributed by atoms with Crippen molar-refractivity contribution in [1.82, 2.24) is 5.32 Å². The molecule has 0 aliphatic carbocycles. The summed E-state index contributed by atoms with van der Waals surface area (Å²) in [5.74, 6) is 0.512. The zero-order valence-corrected chi connectivity index (χ0v) is 10.5. The van der Waals surface area contributed by atoms with Crippen molar-refractivity contribution in [3.05, 3.63) is 29.8 Å². The van der Waals surface area contributed by atoms with Crippen molar-refractivity contribution in [2.24, 2.45) is 5.92 Å². The van der Waals surface area contributed by atoms with E-state index in [1.165, 1.54) is 7.11 Å². The van der Waals surface area contributed by atoms with Crippen LogP contribution in [0.1, 0.15) is 12.5 Å². The van der Waals surface area contributed by atoms with Crippen LogP contribution in [-0.4, -0.2) is 26.7 Å². The molecule has 1 rings (SSSR count). The summed E-state index contributed by atoms with van der Waals surface area (Å²) in [5, 5.41) is 3.21. The van der Waals surface area contributed by atoms with E-state index in [2.05, 4.69) is 10.1 Å². The Balaban J connectivity index is 2.43. The second-order valence-electron chi connectivity index (χ2n) is 3.87. The zero-order valence-electron chi connectivity index (χ0n) is 10.5. The van der Waals surface area contributed by atoms with E-state index in [0.29, 0.717) is 13.1 Å². The van der Waals surface area contributed by atoms with Crippen LogP contribution in [0.3, 0.4) is 0 Å². The highest BCUT2D eigenvalue weighted by Gasteiger charge is 2.12. The fraction of sp³-hybridized carbons (Fsp3) is 0.462. The van der Waals surface area contributed by atoms with Crippen molar-refractivity contribution in [3.63, 3.8) is 0 Å². The van der Waals surface area contributed by atoms with Crippen LogP contribution in [0.5, 0.6) is 5.75 Å². The summed E-state index contributed by atoms with van der Waals surface area (Å²) in [6, 6.07) is 7.80. The van der Waals surface area contributed by atoms with E-state index >= 15 is 0 Å². The van der Waals surface area contributed by atoms with Crippen molar-refractivity contribution in [2.75, 3.05) is 20.8 Å². The molecule has 0 radical (unpaired) electrons. The number of carbonyl (C=O) groups is 1. The third kappa shape index (κ3) is 4.07.